The van der Waals surface area contributed by atoms with Gasteiger partial charge in [-0.05, 0) is 30.3 Å². The fourth-order valence-corrected chi connectivity index (χ4v) is 2.33. The van der Waals surface area contributed by atoms with E-state index in [1.807, 2.05) is 0 Å². The minimum atomic E-state index is -0.635. The second kappa shape index (κ2) is 6.99. The molecular formula is C14H12FN3O3S. The van der Waals surface area contributed by atoms with Gasteiger partial charge in [0, 0.05) is 11.6 Å². The van der Waals surface area contributed by atoms with Gasteiger partial charge in [-0.3, -0.25) is 10.1 Å². The Bertz CT molecular complexity index is 693. The normalized spacial score (nSPS) is 18.2. The number of esters is 1. The van der Waals surface area contributed by atoms with E-state index in [4.69, 9.17) is 0 Å². The zero-order valence-electron chi connectivity index (χ0n) is 11.8. The molecule has 114 valence electrons. The predicted octanol–water partition coefficient (Wildman–Crippen LogP) is 1.74. The maximum absolute atomic E-state index is 13.6. The molecule has 0 aromatic heterocycles. The molecule has 1 aromatic rings. The van der Waals surface area contributed by atoms with Crippen molar-refractivity contribution in [3.05, 3.63) is 46.1 Å². The second-order valence-electron chi connectivity index (χ2n) is 4.21. The minimum Gasteiger partial charge on any atom is -0.466 e. The minimum absolute atomic E-state index is 0.155. The Balaban J connectivity index is 2.12. The van der Waals surface area contributed by atoms with Crippen LogP contribution in [0.4, 0.5) is 4.39 Å². The highest BCUT2D eigenvalue weighted by Gasteiger charge is 2.24. The third-order valence-corrected chi connectivity index (χ3v) is 3.61. The summed E-state index contributed by atoms with van der Waals surface area (Å²) in [6, 6.07) is 4.68. The van der Waals surface area contributed by atoms with E-state index < -0.39 is 17.7 Å². The average Bonchev–Trinajstić information content (AvgIpc) is 2.82. The van der Waals surface area contributed by atoms with E-state index in [0.717, 1.165) is 23.4 Å². The highest BCUT2D eigenvalue weighted by molar-refractivity contribution is 8.18. The summed E-state index contributed by atoms with van der Waals surface area (Å²) in [6.07, 6.45) is 2.33. The fraction of sp³-hybridized carbons (Fsp3) is 0.143. The van der Waals surface area contributed by atoms with E-state index in [-0.39, 0.29) is 10.1 Å². The van der Waals surface area contributed by atoms with Crippen LogP contribution in [-0.4, -0.2) is 30.4 Å². The Morgan fingerprint density at radius 1 is 1.45 bits per heavy atom. The van der Waals surface area contributed by atoms with Gasteiger partial charge in [-0.2, -0.15) is 5.10 Å². The van der Waals surface area contributed by atoms with Gasteiger partial charge in [0.1, 0.15) is 5.82 Å². The Morgan fingerprint density at radius 3 is 2.91 bits per heavy atom. The second-order valence-corrected chi connectivity index (χ2v) is 5.24. The van der Waals surface area contributed by atoms with Crippen LogP contribution in [0.1, 0.15) is 11.1 Å². The van der Waals surface area contributed by atoms with Crippen molar-refractivity contribution >= 4 is 35.0 Å². The molecule has 1 amide bonds. The molecule has 0 spiro atoms. The molecule has 0 atom stereocenters. The summed E-state index contributed by atoms with van der Waals surface area (Å²) in [5.41, 5.74) is 1.05. The highest BCUT2D eigenvalue weighted by Crippen LogP contribution is 2.23. The molecule has 0 unspecified atom stereocenters. The number of aryl methyl sites for hydroxylation is 1. The number of ether oxygens (including phenoxy) is 1. The highest BCUT2D eigenvalue weighted by atomic mass is 32.2. The van der Waals surface area contributed by atoms with E-state index in [9.17, 15) is 14.0 Å². The molecular weight excluding hydrogens is 309 g/mol. The lowest BCUT2D eigenvalue weighted by Crippen LogP contribution is -2.19. The van der Waals surface area contributed by atoms with Crippen molar-refractivity contribution in [3.8, 4) is 0 Å². The van der Waals surface area contributed by atoms with Gasteiger partial charge in [0.05, 0.1) is 18.2 Å². The molecule has 6 nitrogen and oxygen atoms in total. The first-order valence-electron chi connectivity index (χ1n) is 6.16. The summed E-state index contributed by atoms with van der Waals surface area (Å²) < 4.78 is 18.0. The maximum atomic E-state index is 13.6. The predicted molar refractivity (Wildman–Crippen MR) is 82.0 cm³/mol. The number of methoxy groups -OCH3 is 1. The number of hydrogen-bond acceptors (Lipinski definition) is 6. The molecule has 1 aliphatic heterocycles. The number of amides is 1. The van der Waals surface area contributed by atoms with Gasteiger partial charge in [-0.15, -0.1) is 5.10 Å². The molecule has 1 fully saturated rings. The van der Waals surface area contributed by atoms with Gasteiger partial charge in [0.25, 0.3) is 5.91 Å². The van der Waals surface area contributed by atoms with Gasteiger partial charge in [0.15, 0.2) is 5.17 Å². The average molecular weight is 321 g/mol. The quantitative estimate of drug-likeness (QED) is 0.398. The molecule has 0 aliphatic carbocycles. The van der Waals surface area contributed by atoms with E-state index >= 15 is 0 Å². The van der Waals surface area contributed by atoms with Crippen molar-refractivity contribution in [1.29, 1.82) is 0 Å². The number of amidine groups is 1. The molecule has 0 bridgehead atoms. The van der Waals surface area contributed by atoms with Gasteiger partial charge in [-0.1, -0.05) is 12.1 Å². The molecule has 1 aromatic carbocycles. The summed E-state index contributed by atoms with van der Waals surface area (Å²) in [4.78, 5) is 22.8. The molecule has 0 saturated carbocycles. The number of carbonyl (C=O) groups is 2. The summed E-state index contributed by atoms with van der Waals surface area (Å²) in [7, 11) is 1.22. The van der Waals surface area contributed by atoms with E-state index in [2.05, 4.69) is 20.3 Å². The number of nitrogens with zero attached hydrogens (tertiary/aromatic N) is 2. The number of rotatable bonds is 3. The van der Waals surface area contributed by atoms with Crippen LogP contribution >= 0.6 is 11.8 Å². The summed E-state index contributed by atoms with van der Waals surface area (Å²) in [6.45, 7) is 1.75. The number of nitrogens with one attached hydrogen (secondary N) is 1. The van der Waals surface area contributed by atoms with Crippen LogP contribution in [0.15, 0.2) is 39.4 Å². The molecule has 2 rings (SSSR count). The number of hydrogen-bond donors (Lipinski definition) is 1. The van der Waals surface area contributed by atoms with Crippen LogP contribution in [0.25, 0.3) is 0 Å². The first-order valence-corrected chi connectivity index (χ1v) is 6.98. The monoisotopic (exact) mass is 321 g/mol. The summed E-state index contributed by atoms with van der Waals surface area (Å²) in [5.74, 6) is -1.51. The van der Waals surface area contributed by atoms with E-state index in [0.29, 0.717) is 5.56 Å². The van der Waals surface area contributed by atoms with E-state index in [1.165, 1.54) is 19.4 Å². The Labute approximate surface area is 130 Å². The van der Waals surface area contributed by atoms with Gasteiger partial charge < -0.3 is 4.74 Å². The van der Waals surface area contributed by atoms with Crippen LogP contribution in [0, 0.1) is 12.7 Å². The third-order valence-electron chi connectivity index (χ3n) is 2.71. The molecule has 1 N–H and O–H groups in total. The lowest BCUT2D eigenvalue weighted by molar-refractivity contribution is -0.135. The van der Waals surface area contributed by atoms with Gasteiger partial charge in [0.2, 0.25) is 0 Å². The Morgan fingerprint density at radius 2 is 2.23 bits per heavy atom. The van der Waals surface area contributed by atoms with Gasteiger partial charge >= 0.3 is 5.97 Å². The summed E-state index contributed by atoms with van der Waals surface area (Å²) in [5, 5.41) is 10.2. The van der Waals surface area contributed by atoms with Crippen LogP contribution in [0.5, 0.6) is 0 Å². The van der Waals surface area contributed by atoms with Crippen LogP contribution in [0.2, 0.25) is 0 Å². The van der Waals surface area contributed by atoms with Crippen molar-refractivity contribution < 1.29 is 18.7 Å². The Hall–Kier alpha value is -2.48. The summed E-state index contributed by atoms with van der Waals surface area (Å²) >= 11 is 0.948. The number of carbonyl (C=O) groups excluding carboxylic acids is 2. The maximum Gasteiger partial charge on any atom is 0.331 e. The molecule has 1 heterocycles. The zero-order valence-corrected chi connectivity index (χ0v) is 12.6. The van der Waals surface area contributed by atoms with Crippen LogP contribution < -0.4 is 5.32 Å². The van der Waals surface area contributed by atoms with Crippen molar-refractivity contribution in [2.75, 3.05) is 7.11 Å². The molecule has 22 heavy (non-hydrogen) atoms. The van der Waals surface area contributed by atoms with Crippen LogP contribution in [-0.2, 0) is 14.3 Å². The molecule has 1 saturated heterocycles. The Kier molecular flexibility index (Phi) is 5.05. The van der Waals surface area contributed by atoms with Crippen molar-refractivity contribution in [3.63, 3.8) is 0 Å². The van der Waals surface area contributed by atoms with Gasteiger partial charge in [-0.25, -0.2) is 9.18 Å². The standard InChI is InChI=1S/C14H12FN3O3S/c1-8-4-3-5-10(15)9(8)7-16-18-14-17-13(20)11(22-14)6-12(19)21-2/h3-7H,1-2H3,(H,17,18,20)/b11-6+,16-7?. The largest absolute Gasteiger partial charge is 0.466 e. The molecule has 8 heteroatoms. The lowest BCUT2D eigenvalue weighted by atomic mass is 10.1. The number of benzene rings is 1. The fourth-order valence-electron chi connectivity index (χ4n) is 1.59. The lowest BCUT2D eigenvalue weighted by Gasteiger charge is -1.99. The topological polar surface area (TPSA) is 80.1 Å². The third kappa shape index (κ3) is 3.79. The first-order chi connectivity index (χ1) is 10.5. The smallest absolute Gasteiger partial charge is 0.331 e. The number of thioether (sulfide) groups is 1. The number of halogens is 1. The molecule has 1 aliphatic rings. The first kappa shape index (κ1) is 15.9. The molecule has 0 radical (unpaired) electrons. The van der Waals surface area contributed by atoms with E-state index in [1.54, 1.807) is 19.1 Å². The van der Waals surface area contributed by atoms with Crippen LogP contribution in [0.3, 0.4) is 0 Å². The van der Waals surface area contributed by atoms with Crippen molar-refractivity contribution in [1.82, 2.24) is 5.32 Å². The zero-order chi connectivity index (χ0) is 16.1. The van der Waals surface area contributed by atoms with Crippen molar-refractivity contribution in [2.45, 2.75) is 6.92 Å². The van der Waals surface area contributed by atoms with Crippen molar-refractivity contribution in [2.24, 2.45) is 10.2 Å². The SMILES string of the molecule is COC(=O)/C=C1/S/C(=N\N=Cc2c(C)cccc2F)NC1=O.